The lowest BCUT2D eigenvalue weighted by Gasteiger charge is -2.15. The van der Waals surface area contributed by atoms with Gasteiger partial charge in [-0.3, -0.25) is 19.3 Å². The number of imide groups is 1. The molecule has 5 heteroatoms. The van der Waals surface area contributed by atoms with Crippen LogP contribution >= 0.6 is 0 Å². The summed E-state index contributed by atoms with van der Waals surface area (Å²) in [5.74, 6) is 0.0971. The maximum atomic E-state index is 11.2. The molecule has 0 bridgehead atoms. The highest BCUT2D eigenvalue weighted by Gasteiger charge is 2.19. The molecule has 3 amide bonds. The fourth-order valence-electron chi connectivity index (χ4n) is 2.38. The summed E-state index contributed by atoms with van der Waals surface area (Å²) in [6.45, 7) is 16.1. The molecule has 0 aromatic carbocycles. The summed E-state index contributed by atoms with van der Waals surface area (Å²) in [6, 6.07) is 0. The molecule has 5 nitrogen and oxygen atoms in total. The van der Waals surface area contributed by atoms with E-state index in [-0.39, 0.29) is 17.7 Å². The highest BCUT2D eigenvalue weighted by Crippen LogP contribution is 2.10. The van der Waals surface area contributed by atoms with Crippen LogP contribution in [0.25, 0.3) is 0 Å². The van der Waals surface area contributed by atoms with Gasteiger partial charge in [-0.25, -0.2) is 0 Å². The number of amides is 3. The summed E-state index contributed by atoms with van der Waals surface area (Å²) in [4.78, 5) is 34.4. The molecule has 1 saturated heterocycles. The van der Waals surface area contributed by atoms with Crippen molar-refractivity contribution in [1.82, 2.24) is 10.2 Å². The highest BCUT2D eigenvalue weighted by molar-refractivity contribution is 5.94. The Balaban J connectivity index is 0. The second kappa shape index (κ2) is 19.8. The van der Waals surface area contributed by atoms with E-state index < -0.39 is 0 Å². The highest BCUT2D eigenvalue weighted by atomic mass is 16.2. The van der Waals surface area contributed by atoms with E-state index in [4.69, 9.17) is 0 Å². The van der Waals surface area contributed by atoms with E-state index in [1.165, 1.54) is 31.1 Å². The number of nitrogens with zero attached hydrogens (tertiary/aromatic N) is 1. The van der Waals surface area contributed by atoms with E-state index in [0.29, 0.717) is 19.4 Å². The lowest BCUT2D eigenvalue weighted by Crippen LogP contribution is -2.34. The molecular weight excluding hydrogens is 352 g/mol. The van der Waals surface area contributed by atoms with Gasteiger partial charge in [0.25, 0.3) is 0 Å². The van der Waals surface area contributed by atoms with Gasteiger partial charge in [-0.05, 0) is 32.6 Å². The van der Waals surface area contributed by atoms with Crippen LogP contribution < -0.4 is 5.32 Å². The smallest absolute Gasteiger partial charge is 0.229 e. The molecule has 0 atom stereocenters. The van der Waals surface area contributed by atoms with Crippen LogP contribution in [0.4, 0.5) is 0 Å². The van der Waals surface area contributed by atoms with E-state index in [2.05, 4.69) is 32.3 Å². The average molecular weight is 395 g/mol. The van der Waals surface area contributed by atoms with Crippen LogP contribution in [0.3, 0.4) is 0 Å². The first-order valence-corrected chi connectivity index (χ1v) is 10.7. The van der Waals surface area contributed by atoms with Crippen LogP contribution in [0.15, 0.2) is 24.8 Å². The SMILES string of the molecule is C=CC(=C)C.CC(=O)N1CCCCCC1=O.CCCCCCC(=O)NCCC. The van der Waals surface area contributed by atoms with Gasteiger partial charge in [-0.1, -0.05) is 64.3 Å². The topological polar surface area (TPSA) is 66.5 Å². The maximum absolute atomic E-state index is 11.2. The molecule has 0 aromatic rings. The predicted octanol–water partition coefficient (Wildman–Crippen LogP) is 5.17. The summed E-state index contributed by atoms with van der Waals surface area (Å²) >= 11 is 0. The van der Waals surface area contributed by atoms with Gasteiger partial charge < -0.3 is 5.32 Å². The molecule has 0 aromatic heterocycles. The number of nitrogens with one attached hydrogen (secondary N) is 1. The first-order valence-electron chi connectivity index (χ1n) is 10.7. The van der Waals surface area contributed by atoms with Crippen LogP contribution in [-0.2, 0) is 14.4 Å². The van der Waals surface area contributed by atoms with Crippen LogP contribution in [0.1, 0.15) is 91.9 Å². The van der Waals surface area contributed by atoms with E-state index in [9.17, 15) is 14.4 Å². The Bertz CT molecular complexity index is 472. The molecule has 1 rings (SSSR count). The molecule has 1 N–H and O–H groups in total. The monoisotopic (exact) mass is 394 g/mol. The van der Waals surface area contributed by atoms with Crippen molar-refractivity contribution in [3.05, 3.63) is 24.8 Å². The zero-order valence-corrected chi connectivity index (χ0v) is 18.6. The fourth-order valence-corrected chi connectivity index (χ4v) is 2.38. The van der Waals surface area contributed by atoms with Crippen molar-refractivity contribution in [1.29, 1.82) is 0 Å². The van der Waals surface area contributed by atoms with Gasteiger partial charge in [-0.2, -0.15) is 0 Å². The van der Waals surface area contributed by atoms with E-state index >= 15 is 0 Å². The van der Waals surface area contributed by atoms with Crippen molar-refractivity contribution in [3.63, 3.8) is 0 Å². The summed E-state index contributed by atoms with van der Waals surface area (Å²) < 4.78 is 0. The largest absolute Gasteiger partial charge is 0.356 e. The molecule has 0 aliphatic carbocycles. The number of carbonyl (C=O) groups excluding carboxylic acids is 3. The van der Waals surface area contributed by atoms with Crippen molar-refractivity contribution in [2.45, 2.75) is 91.9 Å². The van der Waals surface area contributed by atoms with Crippen LogP contribution in [0.5, 0.6) is 0 Å². The second-order valence-corrected chi connectivity index (χ2v) is 7.09. The molecule has 0 radical (unpaired) electrons. The Kier molecular flexibility index (Phi) is 20.1. The quantitative estimate of drug-likeness (QED) is 0.456. The van der Waals surface area contributed by atoms with Gasteiger partial charge in [0.15, 0.2) is 0 Å². The lowest BCUT2D eigenvalue weighted by atomic mass is 10.1. The van der Waals surface area contributed by atoms with Gasteiger partial charge in [0.05, 0.1) is 0 Å². The summed E-state index contributed by atoms with van der Waals surface area (Å²) in [6.07, 6.45) is 11.7. The van der Waals surface area contributed by atoms with E-state index in [1.807, 2.05) is 6.92 Å². The number of unbranched alkanes of at least 4 members (excludes halogenated alkanes) is 3. The Hall–Kier alpha value is -1.91. The van der Waals surface area contributed by atoms with Crippen molar-refractivity contribution in [2.75, 3.05) is 13.1 Å². The van der Waals surface area contributed by atoms with Gasteiger partial charge >= 0.3 is 0 Å². The van der Waals surface area contributed by atoms with Gasteiger partial charge in [0, 0.05) is 32.9 Å². The maximum Gasteiger partial charge on any atom is 0.229 e. The third-order valence-corrected chi connectivity index (χ3v) is 4.13. The van der Waals surface area contributed by atoms with Crippen LogP contribution in [0, 0.1) is 0 Å². The Morgan fingerprint density at radius 2 is 1.71 bits per heavy atom. The standard InChI is InChI=1S/C10H21NO.C8H13NO2.C5H8/c1-3-5-6-7-8-10(12)11-9-4-2;1-7(10)9-6-4-2-3-5-8(9)11;1-4-5(2)3/h3-9H2,1-2H3,(H,11,12);2-6H2,1H3;4H,1-2H2,3H3. The van der Waals surface area contributed by atoms with Crippen LogP contribution in [-0.4, -0.2) is 35.7 Å². The third-order valence-electron chi connectivity index (χ3n) is 4.13. The second-order valence-electron chi connectivity index (χ2n) is 7.09. The Morgan fingerprint density at radius 3 is 2.21 bits per heavy atom. The number of carbonyl (C=O) groups is 3. The first kappa shape index (κ1) is 28.3. The molecule has 1 aliphatic rings. The Labute approximate surface area is 172 Å². The molecule has 28 heavy (non-hydrogen) atoms. The van der Waals surface area contributed by atoms with Crippen LogP contribution in [0.2, 0.25) is 0 Å². The molecule has 1 fully saturated rings. The number of rotatable bonds is 8. The summed E-state index contributed by atoms with van der Waals surface area (Å²) in [5, 5.41) is 2.87. The van der Waals surface area contributed by atoms with Gasteiger partial charge in [0.1, 0.15) is 0 Å². The first-order chi connectivity index (χ1) is 13.3. The molecule has 0 saturated carbocycles. The van der Waals surface area contributed by atoms with E-state index in [0.717, 1.165) is 44.2 Å². The molecule has 162 valence electrons. The molecular formula is C23H42N2O3. The third kappa shape index (κ3) is 18.9. The molecule has 1 heterocycles. The fraction of sp³-hybridized carbons (Fsp3) is 0.696. The number of hydrogen-bond acceptors (Lipinski definition) is 3. The summed E-state index contributed by atoms with van der Waals surface area (Å²) in [5.41, 5.74) is 1.02. The molecule has 0 spiro atoms. The van der Waals surface area contributed by atoms with Gasteiger partial charge in [-0.15, -0.1) is 0 Å². The van der Waals surface area contributed by atoms with Crippen molar-refractivity contribution in [3.8, 4) is 0 Å². The minimum atomic E-state index is -0.114. The van der Waals surface area contributed by atoms with Crippen molar-refractivity contribution >= 4 is 17.7 Å². The summed E-state index contributed by atoms with van der Waals surface area (Å²) in [7, 11) is 0. The van der Waals surface area contributed by atoms with E-state index in [1.54, 1.807) is 6.08 Å². The zero-order chi connectivity index (χ0) is 21.8. The van der Waals surface area contributed by atoms with Crippen molar-refractivity contribution in [2.24, 2.45) is 0 Å². The Morgan fingerprint density at radius 1 is 1.07 bits per heavy atom. The number of hydrogen-bond donors (Lipinski definition) is 1. The lowest BCUT2D eigenvalue weighted by molar-refractivity contribution is -0.143. The minimum Gasteiger partial charge on any atom is -0.356 e. The predicted molar refractivity (Wildman–Crippen MR) is 118 cm³/mol. The minimum absolute atomic E-state index is 0.00463. The average Bonchev–Trinajstić information content (AvgIpc) is 2.89. The number of likely N-dealkylation sites (tertiary alicyclic amines) is 1. The molecule has 1 aliphatic heterocycles. The van der Waals surface area contributed by atoms with Crippen molar-refractivity contribution < 1.29 is 14.4 Å². The number of allylic oxidation sites excluding steroid dienone is 2. The zero-order valence-electron chi connectivity index (χ0n) is 18.6. The van der Waals surface area contributed by atoms with Gasteiger partial charge in [0.2, 0.25) is 17.7 Å². The normalized spacial score (nSPS) is 13.1. The molecule has 0 unspecified atom stereocenters.